The molecule has 0 unspecified atom stereocenters. The van der Waals surface area contributed by atoms with E-state index in [0.717, 1.165) is 19.4 Å². The maximum atomic E-state index is 12.2. The Labute approximate surface area is 108 Å². The van der Waals surface area contributed by atoms with Gasteiger partial charge in [-0.1, -0.05) is 19.9 Å². The third-order valence-corrected chi connectivity index (χ3v) is 3.90. The first-order valence-electron chi connectivity index (χ1n) is 5.95. The number of nitrogens with two attached hydrogens (primary N) is 1. The van der Waals surface area contributed by atoms with E-state index >= 15 is 0 Å². The minimum atomic E-state index is -0.348. The van der Waals surface area contributed by atoms with Crippen LogP contribution in [0.3, 0.4) is 0 Å². The smallest absolute Gasteiger partial charge is 0.228 e. The summed E-state index contributed by atoms with van der Waals surface area (Å²) < 4.78 is 0. The van der Waals surface area contributed by atoms with Crippen LogP contribution < -0.4 is 5.73 Å². The zero-order chi connectivity index (χ0) is 12.9. The summed E-state index contributed by atoms with van der Waals surface area (Å²) in [6.45, 7) is 5.25. The lowest BCUT2D eigenvalue weighted by Gasteiger charge is -2.29. The standard InChI is InChI=1S/C13H22N2OS/c1-13(2,7-8-14)12(16)15(3)9-6-11-5-4-10-17-11/h4-5,10H,6-9,14H2,1-3H3. The van der Waals surface area contributed by atoms with E-state index in [1.807, 2.05) is 31.9 Å². The molecule has 0 aromatic carbocycles. The summed E-state index contributed by atoms with van der Waals surface area (Å²) in [4.78, 5) is 15.3. The quantitative estimate of drug-likeness (QED) is 0.845. The van der Waals surface area contributed by atoms with Crippen molar-refractivity contribution in [3.63, 3.8) is 0 Å². The van der Waals surface area contributed by atoms with E-state index < -0.39 is 0 Å². The molecule has 1 amide bonds. The molecule has 17 heavy (non-hydrogen) atoms. The van der Waals surface area contributed by atoms with Crippen LogP contribution in [0.5, 0.6) is 0 Å². The van der Waals surface area contributed by atoms with E-state index in [2.05, 4.69) is 11.4 Å². The fourth-order valence-electron chi connectivity index (χ4n) is 1.82. The molecule has 0 bridgehead atoms. The number of hydrogen-bond acceptors (Lipinski definition) is 3. The van der Waals surface area contributed by atoms with E-state index in [1.54, 1.807) is 11.3 Å². The van der Waals surface area contributed by atoms with Crippen molar-refractivity contribution in [1.29, 1.82) is 0 Å². The zero-order valence-corrected chi connectivity index (χ0v) is 11.7. The molecule has 1 aromatic heterocycles. The van der Waals surface area contributed by atoms with Crippen LogP contribution >= 0.6 is 11.3 Å². The van der Waals surface area contributed by atoms with Crippen molar-refractivity contribution >= 4 is 17.2 Å². The zero-order valence-electron chi connectivity index (χ0n) is 10.9. The third kappa shape index (κ3) is 4.13. The van der Waals surface area contributed by atoms with Crippen LogP contribution in [0, 0.1) is 5.41 Å². The van der Waals surface area contributed by atoms with Gasteiger partial charge in [0.2, 0.25) is 5.91 Å². The van der Waals surface area contributed by atoms with E-state index in [-0.39, 0.29) is 11.3 Å². The lowest BCUT2D eigenvalue weighted by molar-refractivity contribution is -0.139. The van der Waals surface area contributed by atoms with Crippen LogP contribution in [0.25, 0.3) is 0 Å². The summed E-state index contributed by atoms with van der Waals surface area (Å²) in [5.41, 5.74) is 5.19. The molecule has 4 heteroatoms. The van der Waals surface area contributed by atoms with Gasteiger partial charge >= 0.3 is 0 Å². The van der Waals surface area contributed by atoms with Gasteiger partial charge in [0.05, 0.1) is 0 Å². The molecular formula is C13H22N2OS. The monoisotopic (exact) mass is 254 g/mol. The third-order valence-electron chi connectivity index (χ3n) is 2.97. The second kappa shape index (κ2) is 6.17. The average molecular weight is 254 g/mol. The van der Waals surface area contributed by atoms with Gasteiger partial charge in [0.1, 0.15) is 0 Å². The molecule has 0 aliphatic heterocycles. The number of hydrogen-bond donors (Lipinski definition) is 1. The van der Waals surface area contributed by atoms with Gasteiger partial charge < -0.3 is 10.6 Å². The first-order chi connectivity index (χ1) is 7.97. The molecule has 96 valence electrons. The average Bonchev–Trinajstić information content (AvgIpc) is 2.77. The van der Waals surface area contributed by atoms with Crippen molar-refractivity contribution in [2.45, 2.75) is 26.7 Å². The summed E-state index contributed by atoms with van der Waals surface area (Å²) in [6.07, 6.45) is 1.66. The summed E-state index contributed by atoms with van der Waals surface area (Å²) in [5.74, 6) is 0.180. The number of nitrogens with zero attached hydrogens (tertiary/aromatic N) is 1. The molecule has 0 aliphatic carbocycles. The fourth-order valence-corrected chi connectivity index (χ4v) is 2.52. The van der Waals surface area contributed by atoms with E-state index in [1.165, 1.54) is 4.88 Å². The summed E-state index contributed by atoms with van der Waals surface area (Å²) >= 11 is 1.74. The summed E-state index contributed by atoms with van der Waals surface area (Å²) in [7, 11) is 1.87. The predicted octanol–water partition coefficient (Wildman–Crippen LogP) is 2.12. The Morgan fingerprint density at radius 1 is 1.53 bits per heavy atom. The van der Waals surface area contributed by atoms with Gasteiger partial charge in [-0.3, -0.25) is 4.79 Å². The fraction of sp³-hybridized carbons (Fsp3) is 0.615. The molecule has 0 aliphatic rings. The largest absolute Gasteiger partial charge is 0.345 e. The molecule has 0 saturated carbocycles. The van der Waals surface area contributed by atoms with Crippen molar-refractivity contribution < 1.29 is 4.79 Å². The van der Waals surface area contributed by atoms with Gasteiger partial charge in [-0.2, -0.15) is 0 Å². The topological polar surface area (TPSA) is 46.3 Å². The Bertz CT molecular complexity index is 346. The second-order valence-electron chi connectivity index (χ2n) is 4.98. The van der Waals surface area contributed by atoms with Crippen molar-refractivity contribution in [1.82, 2.24) is 4.90 Å². The maximum Gasteiger partial charge on any atom is 0.228 e. The van der Waals surface area contributed by atoms with Crippen LogP contribution in [-0.2, 0) is 11.2 Å². The highest BCUT2D eigenvalue weighted by Crippen LogP contribution is 2.22. The number of rotatable bonds is 6. The van der Waals surface area contributed by atoms with Crippen LogP contribution in [-0.4, -0.2) is 30.9 Å². The molecule has 0 spiro atoms. The normalized spacial score (nSPS) is 11.5. The molecule has 3 nitrogen and oxygen atoms in total. The SMILES string of the molecule is CN(CCc1cccs1)C(=O)C(C)(C)CCN. The minimum absolute atomic E-state index is 0.180. The van der Waals surface area contributed by atoms with Crippen molar-refractivity contribution in [3.05, 3.63) is 22.4 Å². The van der Waals surface area contributed by atoms with Gasteiger partial charge in [-0.25, -0.2) is 0 Å². The van der Waals surface area contributed by atoms with E-state index in [4.69, 9.17) is 5.73 Å². The molecular weight excluding hydrogens is 232 g/mol. The Kier molecular flexibility index (Phi) is 5.15. The first kappa shape index (κ1) is 14.2. The summed E-state index contributed by atoms with van der Waals surface area (Å²) in [5, 5.41) is 2.06. The van der Waals surface area contributed by atoms with Crippen LogP contribution in [0.15, 0.2) is 17.5 Å². The number of thiophene rings is 1. The van der Waals surface area contributed by atoms with E-state index in [0.29, 0.717) is 6.54 Å². The Hall–Kier alpha value is -0.870. The number of likely N-dealkylation sites (N-methyl/N-ethyl adjacent to an activating group) is 1. The van der Waals surface area contributed by atoms with Gasteiger partial charge in [0.25, 0.3) is 0 Å². The molecule has 0 radical (unpaired) electrons. The first-order valence-corrected chi connectivity index (χ1v) is 6.83. The highest BCUT2D eigenvalue weighted by Gasteiger charge is 2.29. The molecule has 1 aromatic rings. The highest BCUT2D eigenvalue weighted by atomic mass is 32.1. The maximum absolute atomic E-state index is 12.2. The lowest BCUT2D eigenvalue weighted by Crippen LogP contribution is -2.40. The van der Waals surface area contributed by atoms with Gasteiger partial charge in [0, 0.05) is 23.9 Å². The van der Waals surface area contributed by atoms with Crippen molar-refractivity contribution in [2.75, 3.05) is 20.1 Å². The Morgan fingerprint density at radius 2 is 2.24 bits per heavy atom. The number of amides is 1. The van der Waals surface area contributed by atoms with Gasteiger partial charge in [0.15, 0.2) is 0 Å². The Balaban J connectivity index is 2.46. The summed E-state index contributed by atoms with van der Waals surface area (Å²) in [6, 6.07) is 4.15. The highest BCUT2D eigenvalue weighted by molar-refractivity contribution is 7.09. The molecule has 0 fully saturated rings. The van der Waals surface area contributed by atoms with Gasteiger partial charge in [-0.05, 0) is 30.8 Å². The molecule has 0 atom stereocenters. The van der Waals surface area contributed by atoms with Crippen LogP contribution in [0.1, 0.15) is 25.1 Å². The predicted molar refractivity (Wildman–Crippen MR) is 73.1 cm³/mol. The van der Waals surface area contributed by atoms with Crippen molar-refractivity contribution in [2.24, 2.45) is 11.1 Å². The molecule has 2 N–H and O–H groups in total. The number of carbonyl (C=O) groups excluding carboxylic acids is 1. The van der Waals surface area contributed by atoms with E-state index in [9.17, 15) is 4.79 Å². The minimum Gasteiger partial charge on any atom is -0.345 e. The van der Waals surface area contributed by atoms with Crippen molar-refractivity contribution in [3.8, 4) is 0 Å². The lowest BCUT2D eigenvalue weighted by atomic mass is 9.87. The van der Waals surface area contributed by atoms with Crippen LogP contribution in [0.4, 0.5) is 0 Å². The molecule has 1 heterocycles. The molecule has 0 saturated heterocycles. The number of carbonyl (C=O) groups is 1. The Morgan fingerprint density at radius 3 is 2.76 bits per heavy atom. The second-order valence-corrected chi connectivity index (χ2v) is 6.01. The molecule has 1 rings (SSSR count). The van der Waals surface area contributed by atoms with Gasteiger partial charge in [-0.15, -0.1) is 11.3 Å². The van der Waals surface area contributed by atoms with Crippen LogP contribution in [0.2, 0.25) is 0 Å².